The molecule has 0 saturated heterocycles. The van der Waals surface area contributed by atoms with Gasteiger partial charge in [0, 0.05) is 5.56 Å². The number of benzene rings is 1. The van der Waals surface area contributed by atoms with Crippen molar-refractivity contribution in [1.82, 2.24) is 20.5 Å². The Morgan fingerprint density at radius 3 is 2.78 bits per heavy atom. The zero-order chi connectivity index (χ0) is 12.5. The number of phenols is 1. The summed E-state index contributed by atoms with van der Waals surface area (Å²) in [6.07, 6.45) is 0. The molecular formula is C10H7N5O3. The first-order chi connectivity index (χ1) is 8.74. The van der Waals surface area contributed by atoms with Gasteiger partial charge in [-0.25, -0.2) is 4.63 Å². The lowest BCUT2D eigenvalue weighted by atomic mass is 10.2. The van der Waals surface area contributed by atoms with Gasteiger partial charge in [-0.2, -0.15) is 4.98 Å². The Morgan fingerprint density at radius 1 is 1.17 bits per heavy atom. The molecule has 8 heteroatoms. The lowest BCUT2D eigenvalue weighted by molar-refractivity contribution is 0.308. The van der Waals surface area contributed by atoms with Gasteiger partial charge in [-0.1, -0.05) is 17.3 Å². The van der Waals surface area contributed by atoms with Crippen molar-refractivity contribution in [2.24, 2.45) is 0 Å². The molecule has 0 unspecified atom stereocenters. The predicted molar refractivity (Wildman–Crippen MR) is 59.1 cm³/mol. The summed E-state index contributed by atoms with van der Waals surface area (Å²) < 4.78 is 9.44. The van der Waals surface area contributed by atoms with Crippen molar-refractivity contribution < 1.29 is 14.3 Å². The summed E-state index contributed by atoms with van der Waals surface area (Å²) >= 11 is 0. The zero-order valence-electron chi connectivity index (χ0n) is 8.94. The maximum atomic E-state index is 9.37. The molecule has 1 aromatic carbocycles. The second kappa shape index (κ2) is 3.84. The third-order valence-corrected chi connectivity index (χ3v) is 2.25. The van der Waals surface area contributed by atoms with Crippen LogP contribution in [-0.2, 0) is 0 Å². The van der Waals surface area contributed by atoms with E-state index in [1.54, 1.807) is 18.2 Å². The van der Waals surface area contributed by atoms with Crippen LogP contribution in [0.5, 0.6) is 5.75 Å². The molecule has 90 valence electrons. The van der Waals surface area contributed by atoms with Gasteiger partial charge in [0.2, 0.25) is 17.3 Å². The Kier molecular flexibility index (Phi) is 2.19. The first-order valence-corrected chi connectivity index (χ1v) is 4.95. The van der Waals surface area contributed by atoms with Crippen molar-refractivity contribution >= 4 is 5.82 Å². The average Bonchev–Trinajstić information content (AvgIpc) is 2.97. The number of nitrogens with two attached hydrogens (primary N) is 1. The fourth-order valence-corrected chi connectivity index (χ4v) is 1.43. The zero-order valence-corrected chi connectivity index (χ0v) is 8.94. The van der Waals surface area contributed by atoms with E-state index >= 15 is 0 Å². The quantitative estimate of drug-likeness (QED) is 0.686. The average molecular weight is 245 g/mol. The normalized spacial score (nSPS) is 10.7. The Balaban J connectivity index is 2.02. The van der Waals surface area contributed by atoms with Crippen molar-refractivity contribution in [2.75, 3.05) is 5.73 Å². The summed E-state index contributed by atoms with van der Waals surface area (Å²) in [5, 5.41) is 20.1. The third-order valence-electron chi connectivity index (χ3n) is 2.25. The van der Waals surface area contributed by atoms with Crippen LogP contribution in [0, 0.1) is 0 Å². The van der Waals surface area contributed by atoms with Gasteiger partial charge in [0.1, 0.15) is 5.75 Å². The minimum absolute atomic E-state index is 0.0705. The highest BCUT2D eigenvalue weighted by Crippen LogP contribution is 2.25. The molecule has 0 amide bonds. The van der Waals surface area contributed by atoms with Crippen LogP contribution in [0.1, 0.15) is 0 Å². The van der Waals surface area contributed by atoms with Crippen molar-refractivity contribution in [3.05, 3.63) is 24.3 Å². The summed E-state index contributed by atoms with van der Waals surface area (Å²) in [5.41, 5.74) is 6.31. The van der Waals surface area contributed by atoms with Crippen LogP contribution in [0.4, 0.5) is 5.82 Å². The fourth-order valence-electron chi connectivity index (χ4n) is 1.43. The highest BCUT2D eigenvalue weighted by molar-refractivity contribution is 5.64. The van der Waals surface area contributed by atoms with Crippen molar-refractivity contribution in [3.63, 3.8) is 0 Å². The number of rotatable bonds is 2. The smallest absolute Gasteiger partial charge is 0.284 e. The molecule has 0 aliphatic rings. The monoisotopic (exact) mass is 245 g/mol. The van der Waals surface area contributed by atoms with Gasteiger partial charge < -0.3 is 15.4 Å². The largest absolute Gasteiger partial charge is 0.508 e. The molecule has 3 N–H and O–H groups in total. The lowest BCUT2D eigenvalue weighted by Gasteiger charge is -1.94. The number of anilines is 1. The molecule has 0 atom stereocenters. The van der Waals surface area contributed by atoms with Crippen molar-refractivity contribution in [3.8, 4) is 28.7 Å². The van der Waals surface area contributed by atoms with E-state index in [0.717, 1.165) is 0 Å². The van der Waals surface area contributed by atoms with E-state index in [-0.39, 0.29) is 23.2 Å². The highest BCUT2D eigenvalue weighted by Gasteiger charge is 2.17. The predicted octanol–water partition coefficient (Wildman–Crippen LogP) is 1.07. The van der Waals surface area contributed by atoms with Crippen LogP contribution in [0.2, 0.25) is 0 Å². The van der Waals surface area contributed by atoms with Gasteiger partial charge in [-0.05, 0) is 22.4 Å². The van der Waals surface area contributed by atoms with Gasteiger partial charge in [0.05, 0.1) is 0 Å². The second-order valence-electron chi connectivity index (χ2n) is 3.47. The van der Waals surface area contributed by atoms with Gasteiger partial charge in [-0.15, -0.1) is 0 Å². The summed E-state index contributed by atoms with van der Waals surface area (Å²) in [5.74, 6) is 0.595. The standard InChI is InChI=1S/C10H7N5O3/c11-8-7(13-18-14-8)10-12-9(15-17-10)5-2-1-3-6(16)4-5/h1-4,16H,(H2,11,14). The molecule has 0 fully saturated rings. The first kappa shape index (κ1) is 10.3. The van der Waals surface area contributed by atoms with Crippen LogP contribution in [0.25, 0.3) is 23.0 Å². The van der Waals surface area contributed by atoms with E-state index in [0.29, 0.717) is 11.4 Å². The number of nitrogens with zero attached hydrogens (tertiary/aromatic N) is 4. The Morgan fingerprint density at radius 2 is 2.06 bits per heavy atom. The van der Waals surface area contributed by atoms with E-state index in [9.17, 15) is 5.11 Å². The molecule has 0 radical (unpaired) electrons. The Labute approximate surface area is 100 Å². The van der Waals surface area contributed by atoms with Crippen molar-refractivity contribution in [2.45, 2.75) is 0 Å². The number of aromatic nitrogens is 4. The van der Waals surface area contributed by atoms with Gasteiger partial charge in [0.15, 0.2) is 0 Å². The summed E-state index contributed by atoms with van der Waals surface area (Å²) in [6.45, 7) is 0. The van der Waals surface area contributed by atoms with Crippen LogP contribution >= 0.6 is 0 Å². The molecule has 18 heavy (non-hydrogen) atoms. The molecular weight excluding hydrogens is 238 g/mol. The van der Waals surface area contributed by atoms with Crippen LogP contribution in [-0.4, -0.2) is 25.6 Å². The number of phenolic OH excluding ortho intramolecular Hbond substituents is 1. The Hall–Kier alpha value is -2.90. The number of hydrogen-bond donors (Lipinski definition) is 2. The van der Waals surface area contributed by atoms with Crippen LogP contribution < -0.4 is 5.73 Å². The fraction of sp³-hybridized carbons (Fsp3) is 0. The van der Waals surface area contributed by atoms with E-state index in [2.05, 4.69) is 25.1 Å². The first-order valence-electron chi connectivity index (χ1n) is 4.95. The Bertz CT molecular complexity index is 690. The molecule has 3 rings (SSSR count). The van der Waals surface area contributed by atoms with Crippen LogP contribution in [0.3, 0.4) is 0 Å². The minimum Gasteiger partial charge on any atom is -0.508 e. The van der Waals surface area contributed by atoms with Crippen LogP contribution in [0.15, 0.2) is 33.4 Å². The van der Waals surface area contributed by atoms with Gasteiger partial charge in [0.25, 0.3) is 5.89 Å². The summed E-state index contributed by atoms with van der Waals surface area (Å²) in [7, 11) is 0. The number of nitrogen functional groups attached to an aromatic ring is 1. The molecule has 2 heterocycles. The minimum atomic E-state index is 0.0705. The lowest BCUT2D eigenvalue weighted by Crippen LogP contribution is -1.88. The molecule has 0 saturated carbocycles. The molecule has 2 aromatic heterocycles. The SMILES string of the molecule is Nc1nonc1-c1nc(-c2cccc(O)c2)no1. The van der Waals surface area contributed by atoms with Crippen molar-refractivity contribution in [1.29, 1.82) is 0 Å². The van der Waals surface area contributed by atoms with Gasteiger partial charge in [-0.3, -0.25) is 0 Å². The summed E-state index contributed by atoms with van der Waals surface area (Å²) in [4.78, 5) is 4.09. The molecule has 8 nitrogen and oxygen atoms in total. The molecule has 0 aliphatic heterocycles. The van der Waals surface area contributed by atoms with E-state index in [1.165, 1.54) is 6.07 Å². The van der Waals surface area contributed by atoms with E-state index < -0.39 is 0 Å². The maximum Gasteiger partial charge on any atom is 0.284 e. The molecule has 0 bridgehead atoms. The van der Waals surface area contributed by atoms with E-state index in [4.69, 9.17) is 10.3 Å². The summed E-state index contributed by atoms with van der Waals surface area (Å²) in [6, 6.07) is 6.47. The topological polar surface area (TPSA) is 124 Å². The highest BCUT2D eigenvalue weighted by atomic mass is 16.6. The third kappa shape index (κ3) is 1.65. The van der Waals surface area contributed by atoms with E-state index in [1.807, 2.05) is 0 Å². The molecule has 0 spiro atoms. The van der Waals surface area contributed by atoms with Gasteiger partial charge >= 0.3 is 0 Å². The second-order valence-corrected chi connectivity index (χ2v) is 3.47. The number of hydrogen-bond acceptors (Lipinski definition) is 8. The molecule has 3 aromatic rings. The number of aromatic hydroxyl groups is 1. The maximum absolute atomic E-state index is 9.37. The molecule has 0 aliphatic carbocycles.